The molecule has 0 spiro atoms. The maximum atomic E-state index is 13.2. The summed E-state index contributed by atoms with van der Waals surface area (Å²) < 4.78 is 5.12. The molecule has 0 aromatic heterocycles. The number of para-hydroxylation sites is 2. The number of hydrogen-bond donors (Lipinski definition) is 3. The Morgan fingerprint density at radius 3 is 2.13 bits per heavy atom. The van der Waals surface area contributed by atoms with Gasteiger partial charge in [0, 0.05) is 29.6 Å². The lowest BCUT2D eigenvalue weighted by Crippen LogP contribution is -2.52. The molecule has 1 aliphatic rings. The number of carbonyl (C=O) groups excluding carboxylic acids is 3. The van der Waals surface area contributed by atoms with Crippen molar-refractivity contribution < 1.29 is 19.1 Å². The second kappa shape index (κ2) is 7.70. The van der Waals surface area contributed by atoms with Crippen molar-refractivity contribution in [2.24, 2.45) is 5.73 Å². The van der Waals surface area contributed by atoms with Crippen molar-refractivity contribution in [1.82, 2.24) is 0 Å². The second-order valence-electron chi connectivity index (χ2n) is 8.32. The lowest BCUT2D eigenvalue weighted by atomic mass is 10.0. The van der Waals surface area contributed by atoms with E-state index >= 15 is 0 Å². The van der Waals surface area contributed by atoms with Crippen LogP contribution in [0, 0.1) is 0 Å². The number of nitrogens with one attached hydrogen (secondary N) is 1. The number of anilines is 3. The smallest absolute Gasteiger partial charge is 0.405 e. The Bertz CT molecular complexity index is 975. The van der Waals surface area contributed by atoms with Gasteiger partial charge in [-0.05, 0) is 57.2 Å². The summed E-state index contributed by atoms with van der Waals surface area (Å²) in [6.07, 6.45) is -0.109. The zero-order valence-electron chi connectivity index (χ0n) is 17.3. The van der Waals surface area contributed by atoms with Crippen molar-refractivity contribution in [2.75, 3.05) is 16.0 Å². The Labute approximate surface area is 175 Å². The molecule has 1 saturated carbocycles. The van der Waals surface area contributed by atoms with Crippen molar-refractivity contribution in [2.45, 2.75) is 44.8 Å². The van der Waals surface area contributed by atoms with E-state index in [2.05, 4.69) is 5.32 Å². The fraction of sp³-hybridized carbons (Fsp3) is 0.318. The Kier molecular flexibility index (Phi) is 5.43. The molecule has 0 radical (unpaired) electrons. The van der Waals surface area contributed by atoms with Crippen LogP contribution in [0.1, 0.15) is 44.0 Å². The summed E-state index contributed by atoms with van der Waals surface area (Å²) in [5.74, 6) is -0.646. The number of nitrogens with two attached hydrogens (primary N) is 2. The quantitative estimate of drug-likeness (QED) is 0.652. The summed E-state index contributed by atoms with van der Waals surface area (Å²) in [7, 11) is 0. The van der Waals surface area contributed by atoms with Crippen LogP contribution in [0.15, 0.2) is 48.5 Å². The van der Waals surface area contributed by atoms with Gasteiger partial charge in [-0.1, -0.05) is 12.1 Å². The van der Waals surface area contributed by atoms with Gasteiger partial charge in [0.05, 0.1) is 11.4 Å². The number of amides is 3. The SMILES string of the molecule is CC(C)(C)N(C(=O)C1(OC(N)=O)CC1)c1ccc(C(=O)Nc2ccccc2N)cc1. The molecular formula is C22H26N4O4. The number of hydrogen-bond acceptors (Lipinski definition) is 5. The van der Waals surface area contributed by atoms with Crippen LogP contribution in [0.4, 0.5) is 21.9 Å². The highest BCUT2D eigenvalue weighted by atomic mass is 16.6. The number of nitrogen functional groups attached to an aromatic ring is 1. The zero-order valence-corrected chi connectivity index (χ0v) is 17.3. The molecule has 2 aromatic carbocycles. The van der Waals surface area contributed by atoms with Gasteiger partial charge in [0.25, 0.3) is 11.8 Å². The third kappa shape index (κ3) is 4.37. The molecule has 0 atom stereocenters. The van der Waals surface area contributed by atoms with E-state index in [1.54, 1.807) is 53.4 Å². The van der Waals surface area contributed by atoms with Gasteiger partial charge in [-0.3, -0.25) is 9.59 Å². The van der Waals surface area contributed by atoms with Crippen LogP contribution in [0.25, 0.3) is 0 Å². The van der Waals surface area contributed by atoms with Crippen LogP contribution in [0.5, 0.6) is 0 Å². The molecule has 8 nitrogen and oxygen atoms in total. The lowest BCUT2D eigenvalue weighted by Gasteiger charge is -2.38. The minimum Gasteiger partial charge on any atom is -0.433 e. The number of nitrogens with zero attached hydrogens (tertiary/aromatic N) is 1. The third-order valence-corrected chi connectivity index (χ3v) is 4.86. The molecule has 0 heterocycles. The predicted octanol–water partition coefficient (Wildman–Crippen LogP) is 3.28. The van der Waals surface area contributed by atoms with Gasteiger partial charge in [0.15, 0.2) is 5.60 Å². The fourth-order valence-corrected chi connectivity index (χ4v) is 3.25. The topological polar surface area (TPSA) is 128 Å². The third-order valence-electron chi connectivity index (χ3n) is 4.86. The van der Waals surface area contributed by atoms with E-state index in [9.17, 15) is 14.4 Å². The highest BCUT2D eigenvalue weighted by Crippen LogP contribution is 2.43. The van der Waals surface area contributed by atoms with Crippen molar-refractivity contribution in [1.29, 1.82) is 0 Å². The van der Waals surface area contributed by atoms with Crippen LogP contribution in [0.2, 0.25) is 0 Å². The molecule has 3 amide bonds. The minimum atomic E-state index is -1.21. The van der Waals surface area contributed by atoms with E-state index in [4.69, 9.17) is 16.2 Å². The molecule has 1 fully saturated rings. The van der Waals surface area contributed by atoms with E-state index in [1.165, 1.54) is 0 Å². The molecule has 3 rings (SSSR count). The molecule has 2 aromatic rings. The molecule has 0 unspecified atom stereocenters. The van der Waals surface area contributed by atoms with Gasteiger partial charge in [0.2, 0.25) is 0 Å². The number of primary amides is 1. The van der Waals surface area contributed by atoms with Gasteiger partial charge in [-0.25, -0.2) is 4.79 Å². The van der Waals surface area contributed by atoms with Gasteiger partial charge in [0.1, 0.15) is 0 Å². The highest BCUT2D eigenvalue weighted by molar-refractivity contribution is 6.07. The van der Waals surface area contributed by atoms with Gasteiger partial charge < -0.3 is 26.4 Å². The Morgan fingerprint density at radius 1 is 1.03 bits per heavy atom. The molecule has 5 N–H and O–H groups in total. The zero-order chi connectivity index (χ0) is 22.1. The molecular weight excluding hydrogens is 384 g/mol. The maximum Gasteiger partial charge on any atom is 0.405 e. The molecule has 0 bridgehead atoms. The summed E-state index contributed by atoms with van der Waals surface area (Å²) in [6, 6.07) is 13.6. The lowest BCUT2D eigenvalue weighted by molar-refractivity contribution is -0.129. The monoisotopic (exact) mass is 410 g/mol. The van der Waals surface area contributed by atoms with Crippen LogP contribution < -0.4 is 21.7 Å². The molecule has 0 aliphatic heterocycles. The van der Waals surface area contributed by atoms with Crippen LogP contribution in [0.3, 0.4) is 0 Å². The maximum absolute atomic E-state index is 13.2. The first-order chi connectivity index (χ1) is 14.0. The standard InChI is InChI=1S/C22H26N4O4/c1-21(2,3)26(19(28)22(12-13-22)30-20(24)29)15-10-8-14(9-11-15)18(27)25-17-7-5-4-6-16(17)23/h4-11H,12-13,23H2,1-3H3,(H2,24,29)(H,25,27). The summed E-state index contributed by atoms with van der Waals surface area (Å²) in [5, 5.41) is 2.77. The molecule has 0 saturated heterocycles. The van der Waals surface area contributed by atoms with Crippen molar-refractivity contribution in [3.8, 4) is 0 Å². The number of carbonyl (C=O) groups is 3. The van der Waals surface area contributed by atoms with E-state index < -0.39 is 17.2 Å². The first kappa shape index (κ1) is 21.2. The average Bonchev–Trinajstić information content (AvgIpc) is 3.43. The Balaban J connectivity index is 1.83. The Morgan fingerprint density at radius 2 is 1.63 bits per heavy atom. The van der Waals surface area contributed by atoms with Gasteiger partial charge in [-0.2, -0.15) is 0 Å². The van der Waals surface area contributed by atoms with E-state index in [1.807, 2.05) is 20.8 Å². The first-order valence-electron chi connectivity index (χ1n) is 9.62. The van der Waals surface area contributed by atoms with Crippen LogP contribution >= 0.6 is 0 Å². The summed E-state index contributed by atoms with van der Waals surface area (Å²) >= 11 is 0. The summed E-state index contributed by atoms with van der Waals surface area (Å²) in [4.78, 5) is 38.6. The van der Waals surface area contributed by atoms with Crippen LogP contribution in [-0.2, 0) is 9.53 Å². The van der Waals surface area contributed by atoms with Crippen molar-refractivity contribution in [3.05, 3.63) is 54.1 Å². The second-order valence-corrected chi connectivity index (χ2v) is 8.32. The Hall–Kier alpha value is -3.55. The molecule has 158 valence electrons. The summed E-state index contributed by atoms with van der Waals surface area (Å²) in [5.41, 5.74) is 11.2. The first-order valence-corrected chi connectivity index (χ1v) is 9.62. The average molecular weight is 410 g/mol. The predicted molar refractivity (Wildman–Crippen MR) is 115 cm³/mol. The summed E-state index contributed by atoms with van der Waals surface area (Å²) in [6.45, 7) is 5.64. The van der Waals surface area contributed by atoms with Crippen molar-refractivity contribution in [3.63, 3.8) is 0 Å². The van der Waals surface area contributed by atoms with Gasteiger partial charge in [-0.15, -0.1) is 0 Å². The van der Waals surface area contributed by atoms with E-state index in [-0.39, 0.29) is 11.8 Å². The minimum absolute atomic E-state index is 0.316. The normalized spacial score (nSPS) is 14.5. The largest absolute Gasteiger partial charge is 0.433 e. The van der Waals surface area contributed by atoms with E-state index in [0.717, 1.165) is 0 Å². The fourth-order valence-electron chi connectivity index (χ4n) is 3.25. The highest BCUT2D eigenvalue weighted by Gasteiger charge is 2.57. The number of ether oxygens (including phenoxy) is 1. The van der Waals surface area contributed by atoms with Crippen LogP contribution in [-0.4, -0.2) is 29.0 Å². The molecule has 8 heteroatoms. The number of rotatable bonds is 5. The number of benzene rings is 2. The van der Waals surface area contributed by atoms with Gasteiger partial charge >= 0.3 is 6.09 Å². The van der Waals surface area contributed by atoms with E-state index in [0.29, 0.717) is 35.5 Å². The molecule has 30 heavy (non-hydrogen) atoms. The van der Waals surface area contributed by atoms with Crippen molar-refractivity contribution >= 4 is 35.0 Å². The molecule has 1 aliphatic carbocycles.